The van der Waals surface area contributed by atoms with Gasteiger partial charge in [0.2, 0.25) is 5.91 Å². The molecule has 1 heterocycles. The van der Waals surface area contributed by atoms with E-state index in [-0.39, 0.29) is 18.1 Å². The van der Waals surface area contributed by atoms with Gasteiger partial charge in [0.1, 0.15) is 11.4 Å². The SMILES string of the molecule is O=C(CCc1ccc(F)cc1)NNC(=S)NCCCc1cn(C(c2ccccc2)(c2ccccc2)c2ccccc2)cn1. The van der Waals surface area contributed by atoms with Gasteiger partial charge in [-0.3, -0.25) is 15.6 Å². The number of hydrogen-bond acceptors (Lipinski definition) is 3. The average Bonchev–Trinajstić information content (AvgIpc) is 3.53. The van der Waals surface area contributed by atoms with Crippen LogP contribution in [0.3, 0.4) is 0 Å². The monoisotopic (exact) mass is 591 g/mol. The van der Waals surface area contributed by atoms with Gasteiger partial charge >= 0.3 is 0 Å². The molecule has 0 spiro atoms. The van der Waals surface area contributed by atoms with Crippen molar-refractivity contribution >= 4 is 23.2 Å². The topological polar surface area (TPSA) is 71.0 Å². The number of nitrogens with one attached hydrogen (secondary N) is 3. The molecule has 1 aromatic heterocycles. The van der Waals surface area contributed by atoms with Crippen molar-refractivity contribution in [2.24, 2.45) is 0 Å². The number of hydrogen-bond donors (Lipinski definition) is 3. The first-order valence-corrected chi connectivity index (χ1v) is 14.7. The van der Waals surface area contributed by atoms with Crippen molar-refractivity contribution in [2.75, 3.05) is 6.54 Å². The molecular weight excluding hydrogens is 557 g/mol. The van der Waals surface area contributed by atoms with Crippen molar-refractivity contribution in [3.05, 3.63) is 162 Å². The molecule has 0 bridgehead atoms. The number of rotatable bonds is 11. The highest BCUT2D eigenvalue weighted by molar-refractivity contribution is 7.80. The third-order valence-electron chi connectivity index (χ3n) is 7.36. The van der Waals surface area contributed by atoms with E-state index in [1.165, 1.54) is 12.1 Å². The minimum Gasteiger partial charge on any atom is -0.361 e. The Morgan fingerprint density at radius 2 is 1.33 bits per heavy atom. The molecule has 3 N–H and O–H groups in total. The van der Waals surface area contributed by atoms with Gasteiger partial charge in [-0.15, -0.1) is 0 Å². The number of halogens is 1. The molecule has 1 amide bonds. The molecule has 0 unspecified atom stereocenters. The first-order chi connectivity index (χ1) is 21.1. The Labute approximate surface area is 257 Å². The number of carbonyl (C=O) groups excluding carboxylic acids is 1. The average molecular weight is 592 g/mol. The molecule has 0 aliphatic heterocycles. The number of nitrogens with zero attached hydrogens (tertiary/aromatic N) is 2. The fourth-order valence-corrected chi connectivity index (χ4v) is 5.43. The third-order valence-corrected chi connectivity index (χ3v) is 7.61. The molecule has 5 rings (SSSR count). The van der Waals surface area contributed by atoms with Gasteiger partial charge in [-0.1, -0.05) is 103 Å². The summed E-state index contributed by atoms with van der Waals surface area (Å²) in [6.45, 7) is 0.616. The molecular formula is C35H34FN5OS. The molecule has 0 radical (unpaired) electrons. The summed E-state index contributed by atoms with van der Waals surface area (Å²) in [5.41, 5.74) is 10.1. The molecule has 0 atom stereocenters. The van der Waals surface area contributed by atoms with Crippen molar-refractivity contribution < 1.29 is 9.18 Å². The van der Waals surface area contributed by atoms with Crippen LogP contribution in [0.5, 0.6) is 0 Å². The summed E-state index contributed by atoms with van der Waals surface area (Å²) in [5, 5.41) is 3.48. The lowest BCUT2D eigenvalue weighted by atomic mass is 9.77. The van der Waals surface area contributed by atoms with Crippen molar-refractivity contribution in [3.8, 4) is 0 Å². The van der Waals surface area contributed by atoms with Crippen LogP contribution in [0.15, 0.2) is 128 Å². The minimum atomic E-state index is -0.590. The first kappa shape index (κ1) is 29.7. The van der Waals surface area contributed by atoms with Crippen LogP contribution in [0.2, 0.25) is 0 Å². The maximum atomic E-state index is 13.0. The molecule has 4 aromatic carbocycles. The number of benzene rings is 4. The van der Waals surface area contributed by atoms with Crippen LogP contribution < -0.4 is 16.2 Å². The minimum absolute atomic E-state index is 0.197. The highest BCUT2D eigenvalue weighted by atomic mass is 32.1. The number of aryl methyl sites for hydroxylation is 2. The van der Waals surface area contributed by atoms with Gasteiger partial charge in [0.25, 0.3) is 0 Å². The Hall–Kier alpha value is -4.82. The van der Waals surface area contributed by atoms with E-state index in [1.807, 2.05) is 24.5 Å². The fraction of sp³-hybridized carbons (Fsp3) is 0.171. The molecule has 0 aliphatic rings. The molecule has 0 fully saturated rings. The van der Waals surface area contributed by atoms with Gasteiger partial charge in [-0.05, 0) is 65.9 Å². The summed E-state index contributed by atoms with van der Waals surface area (Å²) in [6.07, 6.45) is 6.38. The van der Waals surface area contributed by atoms with E-state index < -0.39 is 5.54 Å². The number of aromatic nitrogens is 2. The zero-order valence-electron chi connectivity index (χ0n) is 23.7. The molecule has 43 heavy (non-hydrogen) atoms. The normalized spacial score (nSPS) is 11.1. The summed E-state index contributed by atoms with van der Waals surface area (Å²) in [7, 11) is 0. The van der Waals surface area contributed by atoms with E-state index in [4.69, 9.17) is 17.2 Å². The molecule has 0 saturated carbocycles. The van der Waals surface area contributed by atoms with Gasteiger partial charge < -0.3 is 9.88 Å². The maximum absolute atomic E-state index is 13.0. The summed E-state index contributed by atoms with van der Waals surface area (Å²) < 4.78 is 15.3. The van der Waals surface area contributed by atoms with Gasteiger partial charge in [0.15, 0.2) is 5.11 Å². The molecule has 6 nitrogen and oxygen atoms in total. The lowest BCUT2D eigenvalue weighted by Gasteiger charge is -2.37. The Bertz CT molecular complexity index is 1510. The standard InChI is InChI=1S/C35H34FN5OS/c36-31-21-18-27(19-22-31)20-23-33(42)39-40-34(43)37-24-10-17-32-25-41(26-38-32)35(28-11-4-1-5-12-28,29-13-6-2-7-14-29)30-15-8-3-9-16-30/h1-9,11-16,18-19,21-22,25-26H,10,17,20,23-24H2,(H,39,42)(H2,37,40,43). The van der Waals surface area contributed by atoms with E-state index in [1.54, 1.807) is 12.1 Å². The molecule has 218 valence electrons. The van der Waals surface area contributed by atoms with Crippen LogP contribution in [0.4, 0.5) is 4.39 Å². The van der Waals surface area contributed by atoms with Crippen molar-refractivity contribution in [1.29, 1.82) is 0 Å². The predicted molar refractivity (Wildman–Crippen MR) is 172 cm³/mol. The molecule has 0 saturated heterocycles. The number of hydrazine groups is 1. The number of carbonyl (C=O) groups is 1. The fourth-order valence-electron chi connectivity index (χ4n) is 5.27. The van der Waals surface area contributed by atoms with E-state index >= 15 is 0 Å². The Balaban J connectivity index is 1.19. The van der Waals surface area contributed by atoms with Gasteiger partial charge in [0.05, 0.1) is 12.0 Å². The first-order valence-electron chi connectivity index (χ1n) is 14.3. The van der Waals surface area contributed by atoms with E-state index in [0.29, 0.717) is 18.1 Å². The summed E-state index contributed by atoms with van der Waals surface area (Å²) in [6, 6.07) is 37.7. The molecule has 5 aromatic rings. The lowest BCUT2D eigenvalue weighted by molar-refractivity contribution is -0.121. The Morgan fingerprint density at radius 3 is 1.88 bits per heavy atom. The van der Waals surface area contributed by atoms with Crippen molar-refractivity contribution in [1.82, 2.24) is 25.7 Å². The zero-order valence-corrected chi connectivity index (χ0v) is 24.6. The second-order valence-electron chi connectivity index (χ2n) is 10.2. The van der Waals surface area contributed by atoms with Crippen LogP contribution in [0.25, 0.3) is 0 Å². The van der Waals surface area contributed by atoms with Crippen LogP contribution in [0, 0.1) is 5.82 Å². The highest BCUT2D eigenvalue weighted by Crippen LogP contribution is 2.40. The maximum Gasteiger partial charge on any atom is 0.238 e. The molecule has 0 aliphatic carbocycles. The van der Waals surface area contributed by atoms with Gasteiger partial charge in [-0.2, -0.15) is 0 Å². The number of amides is 1. The van der Waals surface area contributed by atoms with Crippen molar-refractivity contribution in [3.63, 3.8) is 0 Å². The summed E-state index contributed by atoms with van der Waals surface area (Å²) in [4.78, 5) is 16.9. The summed E-state index contributed by atoms with van der Waals surface area (Å²) in [5.74, 6) is -0.489. The van der Waals surface area contributed by atoms with E-state index in [2.05, 4.69) is 99.7 Å². The van der Waals surface area contributed by atoms with E-state index in [9.17, 15) is 9.18 Å². The largest absolute Gasteiger partial charge is 0.361 e. The van der Waals surface area contributed by atoms with Crippen molar-refractivity contribution in [2.45, 2.75) is 31.2 Å². The van der Waals surface area contributed by atoms with Crippen LogP contribution in [-0.4, -0.2) is 27.1 Å². The highest BCUT2D eigenvalue weighted by Gasteiger charge is 2.38. The summed E-state index contributed by atoms with van der Waals surface area (Å²) >= 11 is 5.31. The second kappa shape index (κ2) is 14.4. The number of imidazole rings is 1. The third kappa shape index (κ3) is 7.34. The molecule has 8 heteroatoms. The predicted octanol–water partition coefficient (Wildman–Crippen LogP) is 5.92. The van der Waals surface area contributed by atoms with Crippen LogP contribution in [-0.2, 0) is 23.2 Å². The Morgan fingerprint density at radius 1 is 0.767 bits per heavy atom. The van der Waals surface area contributed by atoms with Crippen LogP contribution >= 0.6 is 12.2 Å². The van der Waals surface area contributed by atoms with E-state index in [0.717, 1.165) is 40.8 Å². The lowest BCUT2D eigenvalue weighted by Crippen LogP contribution is -2.47. The van der Waals surface area contributed by atoms with Gasteiger partial charge in [0, 0.05) is 19.2 Å². The van der Waals surface area contributed by atoms with Gasteiger partial charge in [-0.25, -0.2) is 9.37 Å². The second-order valence-corrected chi connectivity index (χ2v) is 10.6. The van der Waals surface area contributed by atoms with Crippen LogP contribution in [0.1, 0.15) is 40.8 Å². The zero-order chi connectivity index (χ0) is 29.9. The Kier molecular flexibility index (Phi) is 9.92. The number of thiocarbonyl (C=S) groups is 1. The smallest absolute Gasteiger partial charge is 0.238 e. The quantitative estimate of drug-likeness (QED) is 0.0770.